The lowest BCUT2D eigenvalue weighted by atomic mass is 9.90. The molecule has 2 atom stereocenters. The summed E-state index contributed by atoms with van der Waals surface area (Å²) in [5.41, 5.74) is 6.51. The first-order valence-electron chi connectivity index (χ1n) is 11.6. The van der Waals surface area contributed by atoms with Crippen LogP contribution in [-0.4, -0.2) is 0 Å². The van der Waals surface area contributed by atoms with Crippen molar-refractivity contribution in [1.29, 1.82) is 0 Å². The first kappa shape index (κ1) is 21.2. The van der Waals surface area contributed by atoms with Gasteiger partial charge in [0.1, 0.15) is 0 Å². The highest BCUT2D eigenvalue weighted by molar-refractivity contribution is 5.98. The van der Waals surface area contributed by atoms with Gasteiger partial charge in [-0.25, -0.2) is 0 Å². The average Bonchev–Trinajstić information content (AvgIpc) is 2.84. The molecule has 0 aliphatic heterocycles. The van der Waals surface area contributed by atoms with Crippen LogP contribution in [-0.2, 0) is 0 Å². The predicted octanol–water partition coefficient (Wildman–Crippen LogP) is 9.34. The third-order valence-electron chi connectivity index (χ3n) is 6.61. The van der Waals surface area contributed by atoms with E-state index in [-0.39, 0.29) is 0 Å². The topological polar surface area (TPSA) is 3.24 Å². The molecular weight excluding hydrogens is 374 g/mol. The molecule has 0 N–H and O–H groups in total. The minimum absolute atomic E-state index is 0.535. The molecule has 0 aliphatic carbocycles. The van der Waals surface area contributed by atoms with Crippen LogP contribution < -0.4 is 4.90 Å². The summed E-state index contributed by atoms with van der Waals surface area (Å²) >= 11 is 0. The zero-order valence-corrected chi connectivity index (χ0v) is 19.2. The minimum Gasteiger partial charge on any atom is -0.310 e. The van der Waals surface area contributed by atoms with Gasteiger partial charge in [-0.1, -0.05) is 88.4 Å². The van der Waals surface area contributed by atoms with Crippen molar-refractivity contribution < 1.29 is 0 Å². The van der Waals surface area contributed by atoms with Gasteiger partial charge in [-0.05, 0) is 71.5 Å². The molecule has 0 bridgehead atoms. The molecule has 0 radical (unpaired) electrons. The van der Waals surface area contributed by atoms with Crippen molar-refractivity contribution >= 4 is 27.8 Å². The highest BCUT2D eigenvalue weighted by atomic mass is 15.1. The SMILES string of the molecule is CCC(C)c1cc(C(C)CC)cc(N(c2ccccc2)c2cccc3ccccc23)c1. The molecule has 158 valence electrons. The lowest BCUT2D eigenvalue weighted by molar-refractivity contribution is 0.711. The van der Waals surface area contributed by atoms with E-state index >= 15 is 0 Å². The summed E-state index contributed by atoms with van der Waals surface area (Å²) in [4.78, 5) is 2.43. The van der Waals surface area contributed by atoms with Gasteiger partial charge in [-0.3, -0.25) is 0 Å². The summed E-state index contributed by atoms with van der Waals surface area (Å²) in [7, 11) is 0. The molecular formula is C30H33N. The molecule has 2 unspecified atom stereocenters. The maximum Gasteiger partial charge on any atom is 0.0540 e. The summed E-state index contributed by atoms with van der Waals surface area (Å²) < 4.78 is 0. The van der Waals surface area contributed by atoms with Gasteiger partial charge in [-0.15, -0.1) is 0 Å². The Kier molecular flexibility index (Phi) is 6.42. The number of nitrogens with zero attached hydrogens (tertiary/aromatic N) is 1. The number of rotatable bonds is 7. The van der Waals surface area contributed by atoms with E-state index in [9.17, 15) is 0 Å². The standard InChI is InChI=1S/C30H33N/c1-5-22(3)25-19-26(23(4)6-2)21-28(20-25)31(27-15-8-7-9-16-27)30-18-12-14-24-13-10-11-17-29(24)30/h7-23H,5-6H2,1-4H3. The summed E-state index contributed by atoms with van der Waals surface area (Å²) in [6, 6.07) is 33.3. The Balaban J connectivity index is 1.99. The predicted molar refractivity (Wildman–Crippen MR) is 136 cm³/mol. The van der Waals surface area contributed by atoms with Crippen molar-refractivity contribution in [2.45, 2.75) is 52.4 Å². The molecule has 0 saturated carbocycles. The van der Waals surface area contributed by atoms with Crippen molar-refractivity contribution in [2.75, 3.05) is 4.90 Å². The Hall–Kier alpha value is -3.06. The van der Waals surface area contributed by atoms with Crippen LogP contribution in [0.3, 0.4) is 0 Å². The highest BCUT2D eigenvalue weighted by Gasteiger charge is 2.18. The van der Waals surface area contributed by atoms with Gasteiger partial charge in [0.05, 0.1) is 5.69 Å². The monoisotopic (exact) mass is 407 g/mol. The van der Waals surface area contributed by atoms with E-state index in [1.165, 1.54) is 39.0 Å². The molecule has 0 aromatic heterocycles. The summed E-state index contributed by atoms with van der Waals surface area (Å²) in [6.45, 7) is 9.23. The van der Waals surface area contributed by atoms with Gasteiger partial charge >= 0.3 is 0 Å². The van der Waals surface area contributed by atoms with Gasteiger partial charge in [0.2, 0.25) is 0 Å². The maximum absolute atomic E-state index is 2.43. The van der Waals surface area contributed by atoms with Gasteiger partial charge in [0.15, 0.2) is 0 Å². The Morgan fingerprint density at radius 2 is 1.19 bits per heavy atom. The molecule has 0 heterocycles. The van der Waals surface area contributed by atoms with Crippen molar-refractivity contribution in [3.05, 3.63) is 102 Å². The van der Waals surface area contributed by atoms with Crippen LogP contribution in [0.1, 0.15) is 63.5 Å². The minimum atomic E-state index is 0.535. The fourth-order valence-corrected chi connectivity index (χ4v) is 4.24. The average molecular weight is 408 g/mol. The van der Waals surface area contributed by atoms with Gasteiger partial charge < -0.3 is 4.90 Å². The number of anilines is 3. The second-order valence-corrected chi connectivity index (χ2v) is 8.65. The number of hydrogen-bond acceptors (Lipinski definition) is 1. The van der Waals surface area contributed by atoms with Crippen LogP contribution in [0.5, 0.6) is 0 Å². The van der Waals surface area contributed by atoms with Crippen LogP contribution in [0.15, 0.2) is 91.0 Å². The molecule has 1 heteroatoms. The first-order valence-corrected chi connectivity index (χ1v) is 11.6. The normalized spacial score (nSPS) is 13.2. The van der Waals surface area contributed by atoms with Crippen LogP contribution in [0.4, 0.5) is 17.1 Å². The van der Waals surface area contributed by atoms with E-state index in [4.69, 9.17) is 0 Å². The number of para-hydroxylation sites is 1. The summed E-state index contributed by atoms with van der Waals surface area (Å²) in [6.07, 6.45) is 2.28. The van der Waals surface area contributed by atoms with Crippen molar-refractivity contribution in [2.24, 2.45) is 0 Å². The molecule has 0 spiro atoms. The van der Waals surface area contributed by atoms with E-state index in [1.54, 1.807) is 0 Å². The third kappa shape index (κ3) is 4.37. The largest absolute Gasteiger partial charge is 0.310 e. The Bertz CT molecular complexity index is 1110. The molecule has 1 nitrogen and oxygen atoms in total. The second-order valence-electron chi connectivity index (χ2n) is 8.65. The molecule has 0 aliphatic rings. The van der Waals surface area contributed by atoms with Crippen LogP contribution >= 0.6 is 0 Å². The van der Waals surface area contributed by atoms with E-state index in [2.05, 4.69) is 124 Å². The lowest BCUT2D eigenvalue weighted by Crippen LogP contribution is -2.12. The molecule has 4 aromatic rings. The zero-order valence-electron chi connectivity index (χ0n) is 19.2. The van der Waals surface area contributed by atoms with Gasteiger partial charge in [0, 0.05) is 16.8 Å². The number of fused-ring (bicyclic) bond motifs is 1. The van der Waals surface area contributed by atoms with Crippen molar-refractivity contribution in [1.82, 2.24) is 0 Å². The van der Waals surface area contributed by atoms with Crippen molar-refractivity contribution in [3.63, 3.8) is 0 Å². The number of hydrogen-bond donors (Lipinski definition) is 0. The maximum atomic E-state index is 2.43. The van der Waals surface area contributed by atoms with E-state index in [1.807, 2.05) is 0 Å². The van der Waals surface area contributed by atoms with E-state index < -0.39 is 0 Å². The Labute approximate surface area is 187 Å². The summed E-state index contributed by atoms with van der Waals surface area (Å²) in [5, 5.41) is 2.54. The fourth-order valence-electron chi connectivity index (χ4n) is 4.24. The molecule has 0 fully saturated rings. The van der Waals surface area contributed by atoms with E-state index in [0.29, 0.717) is 11.8 Å². The highest BCUT2D eigenvalue weighted by Crippen LogP contribution is 2.41. The molecule has 31 heavy (non-hydrogen) atoms. The summed E-state index contributed by atoms with van der Waals surface area (Å²) in [5.74, 6) is 1.07. The van der Waals surface area contributed by atoms with E-state index in [0.717, 1.165) is 12.8 Å². The first-order chi connectivity index (χ1) is 15.1. The third-order valence-corrected chi connectivity index (χ3v) is 6.61. The van der Waals surface area contributed by atoms with Gasteiger partial charge in [-0.2, -0.15) is 0 Å². The molecule has 4 rings (SSSR count). The van der Waals surface area contributed by atoms with Crippen LogP contribution in [0, 0.1) is 0 Å². The fraction of sp³-hybridized carbons (Fsp3) is 0.267. The Morgan fingerprint density at radius 1 is 0.613 bits per heavy atom. The quantitative estimate of drug-likeness (QED) is 0.295. The molecule has 0 amide bonds. The van der Waals surface area contributed by atoms with Gasteiger partial charge in [0.25, 0.3) is 0 Å². The van der Waals surface area contributed by atoms with Crippen molar-refractivity contribution in [3.8, 4) is 0 Å². The van der Waals surface area contributed by atoms with Crippen LogP contribution in [0.25, 0.3) is 10.8 Å². The second kappa shape index (κ2) is 9.39. The lowest BCUT2D eigenvalue weighted by Gasteiger charge is -2.29. The van der Waals surface area contributed by atoms with Crippen LogP contribution in [0.2, 0.25) is 0 Å². The number of benzene rings is 4. The Morgan fingerprint density at radius 3 is 1.84 bits per heavy atom. The smallest absolute Gasteiger partial charge is 0.0540 e. The molecule has 0 saturated heterocycles. The zero-order chi connectivity index (χ0) is 21.8. The molecule has 4 aromatic carbocycles.